The monoisotopic (exact) mass is 186 g/mol. The number of benzene rings is 1. The standard InChI is InChI=1S/C11H10N2O/c1-2-6-11(13-9-12)14-10-7-4-3-5-8-10/h2-8H,1H3/b6-2+,13-11?. The van der Waals surface area contributed by atoms with Crippen molar-refractivity contribution in [1.82, 2.24) is 0 Å². The molecule has 0 unspecified atom stereocenters. The van der Waals surface area contributed by atoms with Crippen molar-refractivity contribution in [2.24, 2.45) is 4.99 Å². The molecular weight excluding hydrogens is 176 g/mol. The maximum Gasteiger partial charge on any atom is 0.229 e. The number of allylic oxidation sites excluding steroid dienone is 1. The van der Waals surface area contributed by atoms with Crippen molar-refractivity contribution in [2.75, 3.05) is 0 Å². The van der Waals surface area contributed by atoms with Crippen molar-refractivity contribution in [3.8, 4) is 11.9 Å². The highest BCUT2D eigenvalue weighted by Gasteiger charge is 1.96. The van der Waals surface area contributed by atoms with Crippen LogP contribution in [0.25, 0.3) is 0 Å². The predicted octanol–water partition coefficient (Wildman–Crippen LogP) is 2.52. The Morgan fingerprint density at radius 2 is 2.14 bits per heavy atom. The fourth-order valence-electron chi connectivity index (χ4n) is 0.895. The van der Waals surface area contributed by atoms with Crippen molar-refractivity contribution in [2.45, 2.75) is 6.92 Å². The van der Waals surface area contributed by atoms with E-state index in [0.717, 1.165) is 0 Å². The zero-order valence-electron chi connectivity index (χ0n) is 7.84. The van der Waals surface area contributed by atoms with Crippen LogP contribution in [0.3, 0.4) is 0 Å². The van der Waals surface area contributed by atoms with E-state index in [0.29, 0.717) is 11.6 Å². The number of para-hydroxylation sites is 1. The molecule has 70 valence electrons. The smallest absolute Gasteiger partial charge is 0.229 e. The lowest BCUT2D eigenvalue weighted by Gasteiger charge is -2.02. The van der Waals surface area contributed by atoms with E-state index >= 15 is 0 Å². The van der Waals surface area contributed by atoms with Gasteiger partial charge in [0.1, 0.15) is 5.75 Å². The molecule has 1 aromatic carbocycles. The van der Waals surface area contributed by atoms with Crippen molar-refractivity contribution >= 4 is 5.90 Å². The summed E-state index contributed by atoms with van der Waals surface area (Å²) in [5.74, 6) is 0.959. The molecule has 0 atom stereocenters. The van der Waals surface area contributed by atoms with Crippen molar-refractivity contribution in [3.63, 3.8) is 0 Å². The normalized spacial score (nSPS) is 11.3. The van der Waals surface area contributed by atoms with Gasteiger partial charge in [-0.3, -0.25) is 0 Å². The number of ether oxygens (including phenoxy) is 1. The number of rotatable bonds is 2. The molecule has 1 aromatic rings. The Morgan fingerprint density at radius 3 is 2.71 bits per heavy atom. The Labute approximate surface area is 83.0 Å². The fourth-order valence-corrected chi connectivity index (χ4v) is 0.895. The maximum absolute atomic E-state index is 8.39. The molecule has 14 heavy (non-hydrogen) atoms. The molecule has 0 radical (unpaired) electrons. The molecule has 0 N–H and O–H groups in total. The van der Waals surface area contributed by atoms with Crippen LogP contribution in [0, 0.1) is 11.5 Å². The van der Waals surface area contributed by atoms with E-state index in [1.165, 1.54) is 0 Å². The summed E-state index contributed by atoms with van der Waals surface area (Å²) in [6.07, 6.45) is 5.08. The van der Waals surface area contributed by atoms with Crippen LogP contribution in [0.1, 0.15) is 6.92 Å². The second-order valence-corrected chi connectivity index (χ2v) is 2.47. The van der Waals surface area contributed by atoms with Gasteiger partial charge in [0.25, 0.3) is 0 Å². The van der Waals surface area contributed by atoms with Gasteiger partial charge in [0.15, 0.2) is 0 Å². The van der Waals surface area contributed by atoms with Crippen molar-refractivity contribution in [3.05, 3.63) is 42.5 Å². The lowest BCUT2D eigenvalue weighted by Crippen LogP contribution is -2.03. The first kappa shape index (κ1) is 10.0. The summed E-state index contributed by atoms with van der Waals surface area (Å²) in [7, 11) is 0. The zero-order chi connectivity index (χ0) is 10.2. The van der Waals surface area contributed by atoms with E-state index in [9.17, 15) is 0 Å². The molecule has 0 aromatic heterocycles. The van der Waals surface area contributed by atoms with E-state index in [-0.39, 0.29) is 0 Å². The molecule has 1 rings (SSSR count). The molecule has 0 aliphatic heterocycles. The molecule has 0 bridgehead atoms. The van der Waals surface area contributed by atoms with Crippen molar-refractivity contribution in [1.29, 1.82) is 5.26 Å². The minimum absolute atomic E-state index is 0.293. The number of aliphatic imine (C=N–C) groups is 1. The predicted molar refractivity (Wildman–Crippen MR) is 54.9 cm³/mol. The van der Waals surface area contributed by atoms with E-state index in [2.05, 4.69) is 4.99 Å². The molecule has 0 fully saturated rings. The average molecular weight is 186 g/mol. The van der Waals surface area contributed by atoms with Crippen LogP contribution >= 0.6 is 0 Å². The molecule has 0 heterocycles. The number of hydrogen-bond donors (Lipinski definition) is 0. The van der Waals surface area contributed by atoms with Crippen LogP contribution in [0.15, 0.2) is 47.5 Å². The molecule has 3 heteroatoms. The Hall–Kier alpha value is -2.08. The van der Waals surface area contributed by atoms with Gasteiger partial charge in [-0.25, -0.2) is 0 Å². The van der Waals surface area contributed by atoms with Gasteiger partial charge >= 0.3 is 0 Å². The van der Waals surface area contributed by atoms with Crippen LogP contribution in [0.4, 0.5) is 0 Å². The largest absolute Gasteiger partial charge is 0.438 e. The summed E-state index contributed by atoms with van der Waals surface area (Å²) < 4.78 is 5.34. The quantitative estimate of drug-likeness (QED) is 0.404. The number of nitriles is 1. The van der Waals surface area contributed by atoms with Crippen LogP contribution in [-0.2, 0) is 0 Å². The lowest BCUT2D eigenvalue weighted by atomic mass is 10.3. The highest BCUT2D eigenvalue weighted by molar-refractivity contribution is 5.90. The van der Waals surface area contributed by atoms with Gasteiger partial charge in [-0.15, -0.1) is 4.99 Å². The van der Waals surface area contributed by atoms with E-state index in [1.807, 2.05) is 25.1 Å². The summed E-state index contributed by atoms with van der Waals surface area (Å²) in [6, 6.07) is 9.21. The van der Waals surface area contributed by atoms with Gasteiger partial charge in [-0.1, -0.05) is 24.3 Å². The first-order valence-electron chi connectivity index (χ1n) is 4.19. The Kier molecular flexibility index (Phi) is 3.96. The lowest BCUT2D eigenvalue weighted by molar-refractivity contribution is 0.556. The molecule has 0 spiro atoms. The fraction of sp³-hybridized carbons (Fsp3) is 0.0909. The van der Waals surface area contributed by atoms with E-state index < -0.39 is 0 Å². The summed E-state index contributed by atoms with van der Waals surface area (Å²) >= 11 is 0. The van der Waals surface area contributed by atoms with Crippen LogP contribution in [0.5, 0.6) is 5.75 Å². The summed E-state index contributed by atoms with van der Waals surface area (Å²) in [4.78, 5) is 3.52. The SMILES string of the molecule is C/C=C/C(=NC#N)Oc1ccccc1. The van der Waals surface area contributed by atoms with Gasteiger partial charge in [-0.05, 0) is 25.1 Å². The van der Waals surface area contributed by atoms with Gasteiger partial charge in [0.2, 0.25) is 12.1 Å². The molecule has 0 amide bonds. The average Bonchev–Trinajstić information content (AvgIpc) is 2.20. The summed E-state index contributed by atoms with van der Waals surface area (Å²) in [5.41, 5.74) is 0. The molecule has 0 saturated carbocycles. The zero-order valence-corrected chi connectivity index (χ0v) is 7.84. The topological polar surface area (TPSA) is 45.4 Å². The Balaban J connectivity index is 2.76. The minimum atomic E-state index is 0.293. The van der Waals surface area contributed by atoms with Crippen LogP contribution in [-0.4, -0.2) is 5.90 Å². The van der Waals surface area contributed by atoms with Gasteiger partial charge in [0.05, 0.1) is 0 Å². The first-order chi connectivity index (χ1) is 6.86. The molecule has 3 nitrogen and oxygen atoms in total. The van der Waals surface area contributed by atoms with Crippen molar-refractivity contribution < 1.29 is 4.74 Å². The van der Waals surface area contributed by atoms with Crippen LogP contribution in [0.2, 0.25) is 0 Å². The molecule has 0 aliphatic carbocycles. The second kappa shape index (κ2) is 5.55. The van der Waals surface area contributed by atoms with Crippen LogP contribution < -0.4 is 4.74 Å². The third kappa shape index (κ3) is 3.11. The Morgan fingerprint density at radius 1 is 1.43 bits per heavy atom. The minimum Gasteiger partial charge on any atom is -0.438 e. The number of hydrogen-bond acceptors (Lipinski definition) is 3. The summed E-state index contributed by atoms with van der Waals surface area (Å²) in [6.45, 7) is 1.83. The maximum atomic E-state index is 8.39. The third-order valence-electron chi connectivity index (χ3n) is 1.44. The first-order valence-corrected chi connectivity index (χ1v) is 4.19. The van der Waals surface area contributed by atoms with Gasteiger partial charge in [-0.2, -0.15) is 5.26 Å². The number of nitrogens with zero attached hydrogens (tertiary/aromatic N) is 2. The van der Waals surface area contributed by atoms with E-state index in [1.54, 1.807) is 30.5 Å². The highest BCUT2D eigenvalue weighted by atomic mass is 16.5. The Bertz CT molecular complexity index is 374. The summed E-state index contributed by atoms with van der Waals surface area (Å²) in [5, 5.41) is 8.39. The second-order valence-electron chi connectivity index (χ2n) is 2.47. The van der Waals surface area contributed by atoms with Gasteiger partial charge < -0.3 is 4.74 Å². The molecular formula is C11H10N2O. The third-order valence-corrected chi connectivity index (χ3v) is 1.44. The highest BCUT2D eigenvalue weighted by Crippen LogP contribution is 2.09. The molecule has 0 aliphatic rings. The van der Waals surface area contributed by atoms with E-state index in [4.69, 9.17) is 10.00 Å². The molecule has 0 saturated heterocycles. The van der Waals surface area contributed by atoms with Gasteiger partial charge in [0, 0.05) is 0 Å².